The molecule has 7 heteroatoms. The Labute approximate surface area is 198 Å². The normalized spacial score (nSPS) is 11.6. The van der Waals surface area contributed by atoms with Crippen LogP contribution in [0.1, 0.15) is 25.5 Å². The van der Waals surface area contributed by atoms with Crippen molar-refractivity contribution in [3.63, 3.8) is 0 Å². The highest BCUT2D eigenvalue weighted by Crippen LogP contribution is 2.36. The molecule has 0 spiro atoms. The topological polar surface area (TPSA) is 73.9 Å². The van der Waals surface area contributed by atoms with Gasteiger partial charge in [-0.05, 0) is 35.9 Å². The number of hydrogen-bond donors (Lipinski definition) is 1. The summed E-state index contributed by atoms with van der Waals surface area (Å²) in [5, 5.41) is 3.43. The van der Waals surface area contributed by atoms with E-state index in [2.05, 4.69) is 5.32 Å². The van der Waals surface area contributed by atoms with Crippen molar-refractivity contribution in [3.05, 3.63) is 77.3 Å². The standard InChI is InChI=1S/C26H26ClNO5/c1-16(2)26(30)33-24(17-9-12-19(27)13-10-17)25(29)28-21-8-6-5-7-20(21)18-11-14-22(31-3)23(15-18)32-4/h5-16,24H,1-4H3,(H,28,29). The van der Waals surface area contributed by atoms with E-state index in [9.17, 15) is 9.59 Å². The second-order valence-corrected chi connectivity index (χ2v) is 8.06. The minimum Gasteiger partial charge on any atom is -0.493 e. The van der Waals surface area contributed by atoms with E-state index in [1.807, 2.05) is 30.3 Å². The predicted octanol–water partition coefficient (Wildman–Crippen LogP) is 5.90. The largest absolute Gasteiger partial charge is 0.493 e. The average Bonchev–Trinajstić information content (AvgIpc) is 2.82. The van der Waals surface area contributed by atoms with Gasteiger partial charge in [-0.1, -0.05) is 61.8 Å². The molecule has 0 aliphatic carbocycles. The fourth-order valence-corrected chi connectivity index (χ4v) is 3.33. The van der Waals surface area contributed by atoms with E-state index in [-0.39, 0.29) is 5.92 Å². The molecule has 0 aliphatic rings. The first kappa shape index (κ1) is 24.1. The number of hydrogen-bond acceptors (Lipinski definition) is 5. The fourth-order valence-electron chi connectivity index (χ4n) is 3.21. The van der Waals surface area contributed by atoms with Crippen molar-refractivity contribution < 1.29 is 23.8 Å². The van der Waals surface area contributed by atoms with Crippen LogP contribution < -0.4 is 14.8 Å². The monoisotopic (exact) mass is 467 g/mol. The van der Waals surface area contributed by atoms with E-state index in [0.717, 1.165) is 11.1 Å². The molecule has 0 heterocycles. The van der Waals surface area contributed by atoms with Crippen molar-refractivity contribution in [2.45, 2.75) is 20.0 Å². The molecule has 1 amide bonds. The lowest BCUT2D eigenvalue weighted by Gasteiger charge is -2.20. The first-order valence-electron chi connectivity index (χ1n) is 10.4. The second kappa shape index (κ2) is 10.9. The molecular weight excluding hydrogens is 442 g/mol. The maximum atomic E-state index is 13.3. The molecule has 1 unspecified atom stereocenters. The summed E-state index contributed by atoms with van der Waals surface area (Å²) in [5.74, 6) is -0.156. The van der Waals surface area contributed by atoms with Crippen molar-refractivity contribution in [2.75, 3.05) is 19.5 Å². The lowest BCUT2D eigenvalue weighted by atomic mass is 10.0. The van der Waals surface area contributed by atoms with Gasteiger partial charge in [0, 0.05) is 21.8 Å². The third-order valence-electron chi connectivity index (χ3n) is 5.00. The molecule has 3 aromatic rings. The first-order valence-corrected chi connectivity index (χ1v) is 10.8. The van der Waals surface area contributed by atoms with E-state index in [1.165, 1.54) is 0 Å². The summed E-state index contributed by atoms with van der Waals surface area (Å²) in [7, 11) is 3.14. The summed E-state index contributed by atoms with van der Waals surface area (Å²) in [6, 6.07) is 19.5. The maximum Gasteiger partial charge on any atom is 0.309 e. The molecule has 172 valence electrons. The van der Waals surface area contributed by atoms with Crippen LogP contribution in [0.2, 0.25) is 5.02 Å². The lowest BCUT2D eigenvalue weighted by Crippen LogP contribution is -2.27. The molecule has 0 fully saturated rings. The highest BCUT2D eigenvalue weighted by atomic mass is 35.5. The molecule has 0 bridgehead atoms. The van der Waals surface area contributed by atoms with Gasteiger partial charge in [0.15, 0.2) is 11.5 Å². The Kier molecular flexibility index (Phi) is 7.96. The van der Waals surface area contributed by atoms with Crippen molar-refractivity contribution in [1.82, 2.24) is 0 Å². The highest BCUT2D eigenvalue weighted by molar-refractivity contribution is 6.30. The van der Waals surface area contributed by atoms with Gasteiger partial charge < -0.3 is 19.5 Å². The fraction of sp³-hybridized carbons (Fsp3) is 0.231. The number of para-hydroxylation sites is 1. The Hall–Kier alpha value is -3.51. The van der Waals surface area contributed by atoms with Crippen molar-refractivity contribution >= 4 is 29.2 Å². The summed E-state index contributed by atoms with van der Waals surface area (Å²) in [6.07, 6.45) is -1.13. The first-order chi connectivity index (χ1) is 15.8. The molecule has 3 rings (SSSR count). The summed E-state index contributed by atoms with van der Waals surface area (Å²) in [4.78, 5) is 25.6. The van der Waals surface area contributed by atoms with E-state index in [1.54, 1.807) is 64.5 Å². The van der Waals surface area contributed by atoms with Crippen LogP contribution in [0.15, 0.2) is 66.7 Å². The van der Waals surface area contributed by atoms with Crippen LogP contribution in [0.25, 0.3) is 11.1 Å². The second-order valence-electron chi connectivity index (χ2n) is 7.63. The number of ether oxygens (including phenoxy) is 3. The summed E-state index contributed by atoms with van der Waals surface area (Å²) < 4.78 is 16.3. The Morgan fingerprint density at radius 1 is 0.879 bits per heavy atom. The minimum absolute atomic E-state index is 0.383. The summed E-state index contributed by atoms with van der Waals surface area (Å²) >= 11 is 5.99. The molecule has 1 atom stereocenters. The Bertz CT molecular complexity index is 1130. The van der Waals surface area contributed by atoms with Crippen LogP contribution in [0.3, 0.4) is 0 Å². The van der Waals surface area contributed by atoms with Crippen LogP contribution in [-0.4, -0.2) is 26.1 Å². The number of rotatable bonds is 8. The SMILES string of the molecule is COc1ccc(-c2ccccc2NC(=O)C(OC(=O)C(C)C)c2ccc(Cl)cc2)cc1OC. The zero-order valence-corrected chi connectivity index (χ0v) is 19.7. The number of anilines is 1. The van der Waals surface area contributed by atoms with Gasteiger partial charge >= 0.3 is 5.97 Å². The number of methoxy groups -OCH3 is 2. The Balaban J connectivity index is 1.95. The highest BCUT2D eigenvalue weighted by Gasteiger charge is 2.27. The van der Waals surface area contributed by atoms with Crippen LogP contribution in [0, 0.1) is 5.92 Å². The Morgan fingerprint density at radius 3 is 2.18 bits per heavy atom. The maximum absolute atomic E-state index is 13.3. The van der Waals surface area contributed by atoms with Gasteiger partial charge in [-0.3, -0.25) is 9.59 Å². The molecule has 0 saturated carbocycles. The molecule has 1 N–H and O–H groups in total. The number of benzene rings is 3. The van der Waals surface area contributed by atoms with Crippen molar-refractivity contribution in [1.29, 1.82) is 0 Å². The molecule has 33 heavy (non-hydrogen) atoms. The predicted molar refractivity (Wildman–Crippen MR) is 129 cm³/mol. The van der Waals surface area contributed by atoms with Crippen LogP contribution >= 0.6 is 11.6 Å². The van der Waals surface area contributed by atoms with Crippen LogP contribution in [0.4, 0.5) is 5.69 Å². The average molecular weight is 468 g/mol. The zero-order chi connectivity index (χ0) is 24.0. The summed E-state index contributed by atoms with van der Waals surface area (Å²) in [5.41, 5.74) is 2.69. The van der Waals surface area contributed by atoms with Gasteiger partial charge in [-0.25, -0.2) is 0 Å². The van der Waals surface area contributed by atoms with E-state index >= 15 is 0 Å². The lowest BCUT2D eigenvalue weighted by molar-refractivity contribution is -0.157. The summed E-state index contributed by atoms with van der Waals surface area (Å²) in [6.45, 7) is 3.43. The third-order valence-corrected chi connectivity index (χ3v) is 5.25. The van der Waals surface area contributed by atoms with Crippen LogP contribution in [-0.2, 0) is 14.3 Å². The van der Waals surface area contributed by atoms with Crippen molar-refractivity contribution in [2.24, 2.45) is 5.92 Å². The zero-order valence-electron chi connectivity index (χ0n) is 18.9. The molecule has 0 saturated heterocycles. The van der Waals surface area contributed by atoms with Gasteiger partial charge in [-0.2, -0.15) is 0 Å². The van der Waals surface area contributed by atoms with E-state index in [0.29, 0.717) is 27.8 Å². The smallest absolute Gasteiger partial charge is 0.309 e. The van der Waals surface area contributed by atoms with Gasteiger partial charge in [0.1, 0.15) is 0 Å². The molecular formula is C26H26ClNO5. The number of nitrogens with one attached hydrogen (secondary N) is 1. The molecule has 0 aliphatic heterocycles. The van der Waals surface area contributed by atoms with E-state index in [4.69, 9.17) is 25.8 Å². The molecule has 3 aromatic carbocycles. The van der Waals surface area contributed by atoms with Gasteiger partial charge in [-0.15, -0.1) is 0 Å². The number of esters is 1. The van der Waals surface area contributed by atoms with Crippen molar-refractivity contribution in [3.8, 4) is 22.6 Å². The number of halogens is 1. The number of carbonyl (C=O) groups excluding carboxylic acids is 2. The molecule has 6 nitrogen and oxygen atoms in total. The van der Waals surface area contributed by atoms with E-state index < -0.39 is 18.0 Å². The number of amides is 1. The molecule has 0 radical (unpaired) electrons. The number of carbonyl (C=O) groups is 2. The van der Waals surface area contributed by atoms with Gasteiger partial charge in [0.05, 0.1) is 20.1 Å². The minimum atomic E-state index is -1.13. The van der Waals surface area contributed by atoms with Gasteiger partial charge in [0.25, 0.3) is 5.91 Å². The quantitative estimate of drug-likeness (QED) is 0.417. The van der Waals surface area contributed by atoms with Gasteiger partial charge in [0.2, 0.25) is 6.10 Å². The Morgan fingerprint density at radius 2 is 1.55 bits per heavy atom. The third kappa shape index (κ3) is 5.84. The molecule has 0 aromatic heterocycles. The van der Waals surface area contributed by atoms with Crippen LogP contribution in [0.5, 0.6) is 11.5 Å².